The Bertz CT molecular complexity index is 904. The van der Waals surface area contributed by atoms with Crippen molar-refractivity contribution in [2.75, 3.05) is 44.2 Å². The van der Waals surface area contributed by atoms with E-state index in [9.17, 15) is 4.79 Å². The maximum Gasteiger partial charge on any atom is 0.310 e. The van der Waals surface area contributed by atoms with Gasteiger partial charge >= 0.3 is 5.97 Å². The fraction of sp³-hybridized carbons (Fsp3) is 0.741. The van der Waals surface area contributed by atoms with Crippen molar-refractivity contribution in [1.82, 2.24) is 4.90 Å². The lowest BCUT2D eigenvalue weighted by Gasteiger charge is -2.51. The van der Waals surface area contributed by atoms with Crippen LogP contribution in [-0.2, 0) is 14.3 Å². The summed E-state index contributed by atoms with van der Waals surface area (Å²) in [4.78, 5) is 18.0. The van der Waals surface area contributed by atoms with Crippen molar-refractivity contribution in [3.8, 4) is 0 Å². The van der Waals surface area contributed by atoms with E-state index in [1.807, 2.05) is 0 Å². The Morgan fingerprint density at radius 2 is 1.91 bits per heavy atom. The minimum Gasteiger partial charge on any atom is -0.462 e. The number of piperazine rings is 1. The molecule has 5 nitrogen and oxygen atoms in total. The molecule has 6 atom stereocenters. The second-order valence-corrected chi connectivity index (χ2v) is 11.6. The van der Waals surface area contributed by atoms with Crippen LogP contribution < -0.4 is 4.90 Å². The third-order valence-corrected chi connectivity index (χ3v) is 9.82. The summed E-state index contributed by atoms with van der Waals surface area (Å²) in [6, 6.07) is 6.60. The van der Waals surface area contributed by atoms with E-state index in [2.05, 4.69) is 48.8 Å². The molecule has 3 saturated heterocycles. The number of hydrogen-bond acceptors (Lipinski definition) is 5. The zero-order chi connectivity index (χ0) is 22.1. The Kier molecular flexibility index (Phi) is 4.89. The summed E-state index contributed by atoms with van der Waals surface area (Å²) in [6.45, 7) is 12.7. The molecule has 1 spiro atoms. The first kappa shape index (κ1) is 21.0. The third kappa shape index (κ3) is 3.30. The van der Waals surface area contributed by atoms with Gasteiger partial charge in [0.2, 0.25) is 0 Å². The molecule has 5 aliphatic rings. The monoisotopic (exact) mass is 438 g/mol. The van der Waals surface area contributed by atoms with Crippen LogP contribution in [0.4, 0.5) is 5.69 Å². The number of epoxide rings is 1. The number of carbonyl (C=O) groups excluding carboxylic acids is 1. The van der Waals surface area contributed by atoms with E-state index in [0.717, 1.165) is 52.2 Å². The van der Waals surface area contributed by atoms with Crippen molar-refractivity contribution in [3.05, 3.63) is 29.3 Å². The fourth-order valence-electron chi connectivity index (χ4n) is 7.69. The molecular formula is C27H38N2O3. The number of nitrogens with zero attached hydrogens (tertiary/aromatic N) is 2. The van der Waals surface area contributed by atoms with Crippen LogP contribution in [-0.4, -0.2) is 61.9 Å². The van der Waals surface area contributed by atoms with E-state index >= 15 is 0 Å². The van der Waals surface area contributed by atoms with Gasteiger partial charge in [0.25, 0.3) is 0 Å². The molecule has 3 aliphatic heterocycles. The molecule has 174 valence electrons. The lowest BCUT2D eigenvalue weighted by Crippen LogP contribution is -2.52. The van der Waals surface area contributed by atoms with Crippen molar-refractivity contribution in [2.24, 2.45) is 23.2 Å². The Balaban J connectivity index is 1.12. The molecule has 6 rings (SSSR count). The summed E-state index contributed by atoms with van der Waals surface area (Å²) in [7, 11) is 0. The second kappa shape index (κ2) is 7.46. The van der Waals surface area contributed by atoms with Crippen LogP contribution in [0.25, 0.3) is 0 Å². The van der Waals surface area contributed by atoms with Crippen LogP contribution in [0, 0.1) is 37.0 Å². The number of esters is 1. The van der Waals surface area contributed by atoms with Crippen LogP contribution in [0.3, 0.4) is 0 Å². The molecule has 0 amide bonds. The topological polar surface area (TPSA) is 45.3 Å². The Hall–Kier alpha value is -1.59. The Labute approximate surface area is 192 Å². The molecule has 1 aromatic carbocycles. The van der Waals surface area contributed by atoms with Gasteiger partial charge in [-0.25, -0.2) is 0 Å². The van der Waals surface area contributed by atoms with Gasteiger partial charge in [0.05, 0.1) is 18.1 Å². The summed E-state index contributed by atoms with van der Waals surface area (Å²) in [6.07, 6.45) is 6.00. The van der Waals surface area contributed by atoms with E-state index in [4.69, 9.17) is 9.47 Å². The van der Waals surface area contributed by atoms with E-state index in [1.54, 1.807) is 0 Å². The second-order valence-electron chi connectivity index (χ2n) is 11.6. The van der Waals surface area contributed by atoms with Crippen molar-refractivity contribution in [1.29, 1.82) is 0 Å². The lowest BCUT2D eigenvalue weighted by atomic mass is 9.53. The largest absolute Gasteiger partial charge is 0.462 e. The fourth-order valence-corrected chi connectivity index (χ4v) is 7.69. The first-order valence-electron chi connectivity index (χ1n) is 12.8. The third-order valence-electron chi connectivity index (χ3n) is 9.82. The number of benzene rings is 1. The van der Waals surface area contributed by atoms with E-state index in [0.29, 0.717) is 11.8 Å². The van der Waals surface area contributed by atoms with E-state index < -0.39 is 0 Å². The summed E-state index contributed by atoms with van der Waals surface area (Å²) in [5.74, 6) is 1.07. The van der Waals surface area contributed by atoms with Crippen LogP contribution in [0.1, 0.15) is 50.2 Å². The first-order chi connectivity index (χ1) is 15.4. The maximum absolute atomic E-state index is 13.0. The molecular weight excluding hydrogens is 400 g/mol. The average Bonchev–Trinajstić information content (AvgIpc) is 3.47. The quantitative estimate of drug-likeness (QED) is 0.528. The van der Waals surface area contributed by atoms with E-state index in [-0.39, 0.29) is 29.0 Å². The highest BCUT2D eigenvalue weighted by atomic mass is 16.6. The molecule has 0 bridgehead atoms. The molecule has 2 saturated carbocycles. The Morgan fingerprint density at radius 3 is 2.66 bits per heavy atom. The average molecular weight is 439 g/mol. The van der Waals surface area contributed by atoms with Gasteiger partial charge in [-0.3, -0.25) is 9.69 Å². The minimum absolute atomic E-state index is 0.0366. The smallest absolute Gasteiger partial charge is 0.310 e. The molecule has 1 aromatic rings. The standard InChI is InChI=1S/C27H38N2O3/c1-18-6-4-7-22(19(18)2)29-12-10-28(11-13-29)16-21-20-14-24-26(3,15-23(20)32-25(21)30)8-5-9-27(24)17-31-27/h4,6-7,20-21,23-24H,5,8-17H2,1-3H3. The molecule has 6 unspecified atom stereocenters. The van der Waals surface area contributed by atoms with Gasteiger partial charge in [-0.05, 0) is 74.5 Å². The molecule has 32 heavy (non-hydrogen) atoms. The lowest BCUT2D eigenvalue weighted by molar-refractivity contribution is -0.147. The highest BCUT2D eigenvalue weighted by Gasteiger charge is 2.65. The van der Waals surface area contributed by atoms with Gasteiger partial charge in [0.1, 0.15) is 6.10 Å². The van der Waals surface area contributed by atoms with Crippen LogP contribution in [0.5, 0.6) is 0 Å². The van der Waals surface area contributed by atoms with Gasteiger partial charge in [-0.1, -0.05) is 19.1 Å². The number of hydrogen-bond donors (Lipinski definition) is 0. The van der Waals surface area contributed by atoms with Gasteiger partial charge in [0, 0.05) is 44.3 Å². The van der Waals surface area contributed by atoms with Crippen molar-refractivity contribution >= 4 is 11.7 Å². The number of anilines is 1. The summed E-state index contributed by atoms with van der Waals surface area (Å²) >= 11 is 0. The van der Waals surface area contributed by atoms with Crippen molar-refractivity contribution in [2.45, 2.75) is 64.6 Å². The number of carbonyl (C=O) groups is 1. The number of fused-ring (bicyclic) bond motifs is 3. The normalized spacial score (nSPS) is 41.3. The number of ether oxygens (including phenoxy) is 2. The highest BCUT2D eigenvalue weighted by molar-refractivity contribution is 5.75. The number of aryl methyl sites for hydroxylation is 1. The molecule has 3 heterocycles. The van der Waals surface area contributed by atoms with Crippen LogP contribution in [0.15, 0.2) is 18.2 Å². The number of rotatable bonds is 3. The van der Waals surface area contributed by atoms with Gasteiger partial charge in [0.15, 0.2) is 0 Å². The molecule has 2 aliphatic carbocycles. The highest BCUT2D eigenvalue weighted by Crippen LogP contribution is 2.62. The molecule has 5 heteroatoms. The SMILES string of the molecule is Cc1cccc(N2CCN(CC3C(=O)OC4CC5(C)CCCC6(CO6)C5CC43)CC2)c1C. The Morgan fingerprint density at radius 1 is 1.12 bits per heavy atom. The van der Waals surface area contributed by atoms with Crippen molar-refractivity contribution in [3.63, 3.8) is 0 Å². The van der Waals surface area contributed by atoms with E-state index in [1.165, 1.54) is 36.1 Å². The maximum atomic E-state index is 13.0. The molecule has 0 radical (unpaired) electrons. The van der Waals surface area contributed by atoms with Crippen LogP contribution >= 0.6 is 0 Å². The van der Waals surface area contributed by atoms with Gasteiger partial charge < -0.3 is 14.4 Å². The summed E-state index contributed by atoms with van der Waals surface area (Å²) in [5.41, 5.74) is 4.52. The zero-order valence-electron chi connectivity index (χ0n) is 19.9. The van der Waals surface area contributed by atoms with Gasteiger partial charge in [-0.15, -0.1) is 0 Å². The predicted octanol–water partition coefficient (Wildman–Crippen LogP) is 3.95. The van der Waals surface area contributed by atoms with Gasteiger partial charge in [-0.2, -0.15) is 0 Å². The first-order valence-corrected chi connectivity index (χ1v) is 12.8. The molecule has 0 N–H and O–H groups in total. The minimum atomic E-state index is 0.0366. The molecule has 5 fully saturated rings. The molecule has 0 aromatic heterocycles. The van der Waals surface area contributed by atoms with Crippen molar-refractivity contribution < 1.29 is 14.3 Å². The van der Waals surface area contributed by atoms with Crippen LogP contribution in [0.2, 0.25) is 0 Å². The zero-order valence-corrected chi connectivity index (χ0v) is 19.9. The predicted molar refractivity (Wildman–Crippen MR) is 125 cm³/mol. The summed E-state index contributed by atoms with van der Waals surface area (Å²) in [5, 5.41) is 0. The summed E-state index contributed by atoms with van der Waals surface area (Å²) < 4.78 is 12.1.